The van der Waals surface area contributed by atoms with Gasteiger partial charge in [0, 0.05) is 6.42 Å². The van der Waals surface area contributed by atoms with Crippen LogP contribution in [0.5, 0.6) is 0 Å². The summed E-state index contributed by atoms with van der Waals surface area (Å²) in [5, 5.41) is 0. The number of hydrogen-bond acceptors (Lipinski definition) is 2. The van der Waals surface area contributed by atoms with Crippen LogP contribution in [-0.2, 0) is 9.53 Å². The maximum absolute atomic E-state index is 11.2. The van der Waals surface area contributed by atoms with Gasteiger partial charge in [-0.25, -0.2) is 0 Å². The lowest BCUT2D eigenvalue weighted by Crippen LogP contribution is -2.24. The first-order chi connectivity index (χ1) is 6.77. The molecule has 2 nitrogen and oxygen atoms in total. The van der Waals surface area contributed by atoms with E-state index in [4.69, 9.17) is 4.74 Å². The molecule has 1 heterocycles. The van der Waals surface area contributed by atoms with Gasteiger partial charge in [0.15, 0.2) is 0 Å². The highest BCUT2D eigenvalue weighted by atomic mass is 16.5. The molecule has 74 valence electrons. The van der Waals surface area contributed by atoms with E-state index in [1.54, 1.807) is 0 Å². The van der Waals surface area contributed by atoms with E-state index in [2.05, 4.69) is 6.92 Å². The summed E-state index contributed by atoms with van der Waals surface area (Å²) >= 11 is 0. The predicted molar refractivity (Wildman–Crippen MR) is 53.7 cm³/mol. The van der Waals surface area contributed by atoms with Crippen molar-refractivity contribution < 1.29 is 9.53 Å². The molecule has 1 aromatic rings. The lowest BCUT2D eigenvalue weighted by Gasteiger charge is -2.28. The van der Waals surface area contributed by atoms with Gasteiger partial charge in [0.25, 0.3) is 0 Å². The van der Waals surface area contributed by atoms with Gasteiger partial charge in [-0.1, -0.05) is 37.3 Å². The molecule has 2 rings (SSSR count). The molecule has 2 heteroatoms. The fraction of sp³-hybridized carbons (Fsp3) is 0.417. The number of carbonyl (C=O) groups excluding carboxylic acids is 1. The number of rotatable bonds is 1. The summed E-state index contributed by atoms with van der Waals surface area (Å²) in [6.07, 6.45) is 1.44. The first kappa shape index (κ1) is 9.25. The third-order valence-corrected chi connectivity index (χ3v) is 2.71. The van der Waals surface area contributed by atoms with Gasteiger partial charge in [-0.15, -0.1) is 0 Å². The Kier molecular flexibility index (Phi) is 2.53. The third kappa shape index (κ3) is 1.79. The first-order valence-electron chi connectivity index (χ1n) is 5.02. The Balaban J connectivity index is 2.20. The Morgan fingerprint density at radius 2 is 2.00 bits per heavy atom. The van der Waals surface area contributed by atoms with Crippen LogP contribution in [0.2, 0.25) is 0 Å². The van der Waals surface area contributed by atoms with Gasteiger partial charge in [-0.2, -0.15) is 0 Å². The van der Waals surface area contributed by atoms with Crippen LogP contribution in [0.15, 0.2) is 30.3 Å². The van der Waals surface area contributed by atoms with E-state index in [0.29, 0.717) is 12.3 Å². The van der Waals surface area contributed by atoms with Crippen molar-refractivity contribution in [2.24, 2.45) is 5.92 Å². The number of cyclic esters (lactones) is 1. The fourth-order valence-electron chi connectivity index (χ4n) is 1.85. The van der Waals surface area contributed by atoms with Crippen molar-refractivity contribution in [3.8, 4) is 0 Å². The Labute approximate surface area is 83.9 Å². The van der Waals surface area contributed by atoms with Crippen molar-refractivity contribution >= 4 is 5.97 Å². The number of benzene rings is 1. The molecule has 0 aromatic heterocycles. The van der Waals surface area contributed by atoms with Crippen LogP contribution < -0.4 is 0 Å². The van der Waals surface area contributed by atoms with Crippen molar-refractivity contribution in [3.63, 3.8) is 0 Å². The Bertz CT molecular complexity index is 318. The molecule has 0 bridgehead atoms. The Hall–Kier alpha value is -1.31. The van der Waals surface area contributed by atoms with Crippen molar-refractivity contribution in [3.05, 3.63) is 35.9 Å². The second kappa shape index (κ2) is 3.82. The molecule has 0 N–H and O–H groups in total. The summed E-state index contributed by atoms with van der Waals surface area (Å²) < 4.78 is 5.35. The topological polar surface area (TPSA) is 26.3 Å². The van der Waals surface area contributed by atoms with E-state index < -0.39 is 0 Å². The number of hydrogen-bond donors (Lipinski definition) is 0. The zero-order valence-electron chi connectivity index (χ0n) is 8.27. The van der Waals surface area contributed by atoms with Crippen molar-refractivity contribution in [2.45, 2.75) is 25.9 Å². The fourth-order valence-corrected chi connectivity index (χ4v) is 1.85. The monoisotopic (exact) mass is 190 g/mol. The molecule has 0 radical (unpaired) electrons. The highest BCUT2D eigenvalue weighted by Gasteiger charge is 2.28. The molecule has 0 unspecified atom stereocenters. The second-order valence-corrected chi connectivity index (χ2v) is 3.84. The molecule has 1 fully saturated rings. The van der Waals surface area contributed by atoms with Crippen LogP contribution in [0.4, 0.5) is 0 Å². The molecule has 14 heavy (non-hydrogen) atoms. The average molecular weight is 190 g/mol. The highest BCUT2D eigenvalue weighted by molar-refractivity contribution is 5.70. The summed E-state index contributed by atoms with van der Waals surface area (Å²) in [7, 11) is 0. The quantitative estimate of drug-likeness (QED) is 0.636. The number of ether oxygens (including phenoxy) is 1. The molecular weight excluding hydrogens is 176 g/mol. The van der Waals surface area contributed by atoms with Crippen LogP contribution in [0.1, 0.15) is 31.4 Å². The predicted octanol–water partition coefficient (Wildman–Crippen LogP) is 2.70. The third-order valence-electron chi connectivity index (χ3n) is 2.71. The molecule has 1 aliphatic heterocycles. The van der Waals surface area contributed by atoms with Gasteiger partial charge in [0.05, 0.1) is 0 Å². The molecule has 1 aliphatic rings. The van der Waals surface area contributed by atoms with Gasteiger partial charge in [-0.3, -0.25) is 4.79 Å². The van der Waals surface area contributed by atoms with E-state index in [1.807, 2.05) is 30.3 Å². The second-order valence-electron chi connectivity index (χ2n) is 3.84. The van der Waals surface area contributed by atoms with Gasteiger partial charge < -0.3 is 4.74 Å². The summed E-state index contributed by atoms with van der Waals surface area (Å²) in [6, 6.07) is 9.95. The Morgan fingerprint density at radius 3 is 2.71 bits per heavy atom. The van der Waals surface area contributed by atoms with Gasteiger partial charge >= 0.3 is 5.97 Å². The molecule has 1 saturated heterocycles. The zero-order chi connectivity index (χ0) is 9.97. The standard InChI is InChI=1S/C12H14O2/c1-9-7-8-11(13)14-12(9)10-5-3-2-4-6-10/h2-6,9,12H,7-8H2,1H3/t9-,12-/m0/s1. The largest absolute Gasteiger partial charge is 0.457 e. The van der Waals surface area contributed by atoms with Gasteiger partial charge in [0.2, 0.25) is 0 Å². The van der Waals surface area contributed by atoms with Crippen LogP contribution >= 0.6 is 0 Å². The molecule has 0 aliphatic carbocycles. The normalized spacial score (nSPS) is 27.1. The molecule has 0 spiro atoms. The minimum atomic E-state index is -0.0723. The first-order valence-corrected chi connectivity index (χ1v) is 5.02. The van der Waals surface area contributed by atoms with Crippen molar-refractivity contribution in [1.29, 1.82) is 0 Å². The zero-order valence-corrected chi connectivity index (χ0v) is 8.27. The lowest BCUT2D eigenvalue weighted by molar-refractivity contribution is -0.158. The van der Waals surface area contributed by atoms with Crippen LogP contribution in [0.25, 0.3) is 0 Å². The Morgan fingerprint density at radius 1 is 1.29 bits per heavy atom. The molecule has 1 aromatic carbocycles. The van der Waals surface area contributed by atoms with Crippen LogP contribution in [0, 0.1) is 5.92 Å². The van der Waals surface area contributed by atoms with Crippen LogP contribution in [0.3, 0.4) is 0 Å². The summed E-state index contributed by atoms with van der Waals surface area (Å²) in [5.74, 6) is 0.354. The molecular formula is C12H14O2. The van der Waals surface area contributed by atoms with E-state index >= 15 is 0 Å². The van der Waals surface area contributed by atoms with E-state index in [-0.39, 0.29) is 12.1 Å². The van der Waals surface area contributed by atoms with E-state index in [1.165, 1.54) is 0 Å². The lowest BCUT2D eigenvalue weighted by atomic mass is 9.91. The van der Waals surface area contributed by atoms with E-state index in [9.17, 15) is 4.79 Å². The van der Waals surface area contributed by atoms with Crippen molar-refractivity contribution in [2.75, 3.05) is 0 Å². The smallest absolute Gasteiger partial charge is 0.306 e. The van der Waals surface area contributed by atoms with Gasteiger partial charge in [-0.05, 0) is 17.9 Å². The molecule has 2 atom stereocenters. The number of carbonyl (C=O) groups is 1. The summed E-state index contributed by atoms with van der Waals surface area (Å²) in [6.45, 7) is 2.13. The van der Waals surface area contributed by atoms with Crippen LogP contribution in [-0.4, -0.2) is 5.97 Å². The summed E-state index contributed by atoms with van der Waals surface area (Å²) in [4.78, 5) is 11.2. The highest BCUT2D eigenvalue weighted by Crippen LogP contribution is 2.33. The maximum Gasteiger partial charge on any atom is 0.306 e. The maximum atomic E-state index is 11.2. The number of esters is 1. The molecule has 0 saturated carbocycles. The van der Waals surface area contributed by atoms with Gasteiger partial charge in [0.1, 0.15) is 6.10 Å². The minimum absolute atomic E-state index is 0.0440. The van der Waals surface area contributed by atoms with Crippen molar-refractivity contribution in [1.82, 2.24) is 0 Å². The summed E-state index contributed by atoms with van der Waals surface area (Å²) in [5.41, 5.74) is 1.10. The SMILES string of the molecule is C[C@H]1CCC(=O)O[C@@H]1c1ccccc1. The average Bonchev–Trinajstić information content (AvgIpc) is 2.23. The van der Waals surface area contributed by atoms with E-state index in [0.717, 1.165) is 12.0 Å². The minimum Gasteiger partial charge on any atom is -0.457 e. The molecule has 0 amide bonds.